The Morgan fingerprint density at radius 1 is 0.862 bits per heavy atom. The number of pyridine rings is 1. The summed E-state index contributed by atoms with van der Waals surface area (Å²) in [6.45, 7) is 0. The van der Waals surface area contributed by atoms with Crippen LogP contribution in [0.15, 0.2) is 78.2 Å². The lowest BCUT2D eigenvalue weighted by Gasteiger charge is -2.08. The maximum Gasteiger partial charge on any atom is 0.269 e. The topological polar surface area (TPSA) is 99.8 Å². The molecule has 0 fully saturated rings. The predicted molar refractivity (Wildman–Crippen MR) is 111 cm³/mol. The van der Waals surface area contributed by atoms with Gasteiger partial charge in [0.2, 0.25) is 0 Å². The van der Waals surface area contributed by atoms with Gasteiger partial charge in [-0.3, -0.25) is 25.4 Å². The molecular formula is C21H17N5O2S. The number of carbonyl (C=O) groups is 2. The molecule has 0 unspecified atom stereocenters. The Morgan fingerprint density at radius 2 is 1.52 bits per heavy atom. The van der Waals surface area contributed by atoms with Crippen molar-refractivity contribution in [2.45, 2.75) is 10.9 Å². The Hall–Kier alpha value is -3.65. The molecule has 0 aliphatic carbocycles. The molecular weight excluding hydrogens is 386 g/mol. The number of amides is 2. The highest BCUT2D eigenvalue weighted by atomic mass is 32.2. The molecule has 3 N–H and O–H groups in total. The summed E-state index contributed by atoms with van der Waals surface area (Å²) >= 11 is 1.60. The molecule has 0 saturated carbocycles. The number of aromatic nitrogens is 3. The van der Waals surface area contributed by atoms with Gasteiger partial charge in [-0.1, -0.05) is 36.0 Å². The number of carbonyl (C=O) groups excluding carboxylic acids is 2. The fraction of sp³-hybridized carbons (Fsp3) is 0.0476. The van der Waals surface area contributed by atoms with Gasteiger partial charge < -0.3 is 4.98 Å². The molecule has 7 nitrogen and oxygen atoms in total. The number of hydrogen-bond donors (Lipinski definition) is 3. The van der Waals surface area contributed by atoms with Crippen molar-refractivity contribution in [3.05, 3.63) is 89.7 Å². The first-order valence-corrected chi connectivity index (χ1v) is 9.85. The highest BCUT2D eigenvalue weighted by Gasteiger charge is 2.09. The first kappa shape index (κ1) is 18.7. The van der Waals surface area contributed by atoms with Gasteiger partial charge in [0, 0.05) is 29.3 Å². The van der Waals surface area contributed by atoms with Crippen LogP contribution >= 0.6 is 11.8 Å². The van der Waals surface area contributed by atoms with Crippen molar-refractivity contribution in [2.24, 2.45) is 0 Å². The molecule has 0 bridgehead atoms. The monoisotopic (exact) mass is 403 g/mol. The van der Waals surface area contributed by atoms with Gasteiger partial charge in [0.15, 0.2) is 5.16 Å². The third-order valence-corrected chi connectivity index (χ3v) is 5.14. The predicted octanol–water partition coefficient (Wildman–Crippen LogP) is 3.33. The molecule has 0 radical (unpaired) electrons. The molecule has 0 saturated heterocycles. The van der Waals surface area contributed by atoms with Crippen molar-refractivity contribution < 1.29 is 9.59 Å². The number of nitrogens with one attached hydrogen (secondary N) is 3. The number of hydrazine groups is 1. The summed E-state index contributed by atoms with van der Waals surface area (Å²) < 4.78 is 0. The molecule has 29 heavy (non-hydrogen) atoms. The van der Waals surface area contributed by atoms with E-state index in [1.807, 2.05) is 36.4 Å². The van der Waals surface area contributed by atoms with Crippen molar-refractivity contribution in [2.75, 3.05) is 0 Å². The second kappa shape index (κ2) is 8.57. The summed E-state index contributed by atoms with van der Waals surface area (Å²) in [5, 5.41) is 0.854. The Morgan fingerprint density at radius 3 is 2.21 bits per heavy atom. The van der Waals surface area contributed by atoms with E-state index in [9.17, 15) is 9.59 Å². The molecule has 144 valence electrons. The molecule has 8 heteroatoms. The molecule has 4 rings (SSSR count). The summed E-state index contributed by atoms with van der Waals surface area (Å²) in [6, 6.07) is 18.2. The van der Waals surface area contributed by atoms with E-state index in [4.69, 9.17) is 0 Å². The minimum atomic E-state index is -0.403. The zero-order chi connectivity index (χ0) is 20.1. The van der Waals surface area contributed by atoms with E-state index in [0.717, 1.165) is 27.5 Å². The summed E-state index contributed by atoms with van der Waals surface area (Å²) in [5.41, 5.74) is 8.68. The van der Waals surface area contributed by atoms with Crippen LogP contribution in [0.4, 0.5) is 0 Å². The van der Waals surface area contributed by atoms with Crippen LogP contribution in [-0.2, 0) is 5.75 Å². The summed E-state index contributed by atoms with van der Waals surface area (Å²) in [7, 11) is 0. The highest BCUT2D eigenvalue weighted by molar-refractivity contribution is 7.98. The lowest BCUT2D eigenvalue weighted by atomic mass is 10.1. The summed E-state index contributed by atoms with van der Waals surface area (Å²) in [4.78, 5) is 35.8. The van der Waals surface area contributed by atoms with Crippen LogP contribution in [0.3, 0.4) is 0 Å². The minimum Gasteiger partial charge on any atom is -0.333 e. The number of fused-ring (bicyclic) bond motifs is 1. The molecule has 2 amide bonds. The van der Waals surface area contributed by atoms with E-state index in [1.165, 1.54) is 12.4 Å². The fourth-order valence-corrected chi connectivity index (χ4v) is 3.50. The number of thioether (sulfide) groups is 1. The van der Waals surface area contributed by atoms with Gasteiger partial charge in [0.25, 0.3) is 11.8 Å². The average Bonchev–Trinajstić information content (AvgIpc) is 3.20. The van der Waals surface area contributed by atoms with E-state index in [-0.39, 0.29) is 5.91 Å². The summed E-state index contributed by atoms with van der Waals surface area (Å²) in [5.74, 6) is -0.0657. The Kier molecular flexibility index (Phi) is 5.53. The van der Waals surface area contributed by atoms with Gasteiger partial charge in [0.05, 0.1) is 11.0 Å². The van der Waals surface area contributed by atoms with E-state index in [2.05, 4.69) is 25.8 Å². The third-order valence-electron chi connectivity index (χ3n) is 4.19. The molecule has 2 aromatic carbocycles. The standard InChI is InChI=1S/C21H17N5O2S/c27-19(25-26-20(28)16-9-11-22-12-10-16)15-7-5-14(6-8-15)13-29-21-23-17-3-1-2-4-18(17)24-21/h1-12H,13H2,(H,23,24)(H,25,27)(H,26,28). The SMILES string of the molecule is O=C(NNC(=O)c1ccc(CSc2nc3ccccc3[nH]2)cc1)c1ccncc1. The lowest BCUT2D eigenvalue weighted by molar-refractivity contribution is 0.0846. The lowest BCUT2D eigenvalue weighted by Crippen LogP contribution is -2.41. The maximum absolute atomic E-state index is 12.2. The molecule has 0 aliphatic heterocycles. The van der Waals surface area contributed by atoms with Gasteiger partial charge in [-0.25, -0.2) is 4.98 Å². The zero-order valence-corrected chi connectivity index (χ0v) is 16.1. The molecule has 4 aromatic rings. The zero-order valence-electron chi connectivity index (χ0n) is 15.3. The molecule has 0 aliphatic rings. The van der Waals surface area contributed by atoms with Crippen molar-refractivity contribution >= 4 is 34.6 Å². The Labute approximate surface area is 170 Å². The van der Waals surface area contributed by atoms with E-state index in [0.29, 0.717) is 11.1 Å². The first-order chi connectivity index (χ1) is 14.2. The molecule has 2 heterocycles. The molecule has 2 aromatic heterocycles. The van der Waals surface area contributed by atoms with Crippen molar-refractivity contribution in [3.63, 3.8) is 0 Å². The quantitative estimate of drug-likeness (QED) is 0.351. The van der Waals surface area contributed by atoms with Gasteiger partial charge in [-0.15, -0.1) is 0 Å². The second-order valence-electron chi connectivity index (χ2n) is 6.19. The van der Waals surface area contributed by atoms with Gasteiger partial charge >= 0.3 is 0 Å². The van der Waals surface area contributed by atoms with Gasteiger partial charge in [-0.2, -0.15) is 0 Å². The minimum absolute atomic E-state index is 0.385. The van der Waals surface area contributed by atoms with E-state index in [1.54, 1.807) is 36.0 Å². The number of imidazole rings is 1. The van der Waals surface area contributed by atoms with Crippen molar-refractivity contribution in [1.29, 1.82) is 0 Å². The van der Waals surface area contributed by atoms with Crippen LogP contribution in [0.1, 0.15) is 26.3 Å². The van der Waals surface area contributed by atoms with Gasteiger partial charge in [0.1, 0.15) is 0 Å². The number of aromatic amines is 1. The largest absolute Gasteiger partial charge is 0.333 e. The number of benzene rings is 2. The van der Waals surface area contributed by atoms with Crippen LogP contribution in [0.5, 0.6) is 0 Å². The van der Waals surface area contributed by atoms with Crippen LogP contribution < -0.4 is 10.9 Å². The van der Waals surface area contributed by atoms with Crippen molar-refractivity contribution in [3.8, 4) is 0 Å². The van der Waals surface area contributed by atoms with E-state index < -0.39 is 5.91 Å². The molecule has 0 spiro atoms. The normalized spacial score (nSPS) is 10.6. The number of rotatable bonds is 5. The van der Waals surface area contributed by atoms with Crippen LogP contribution in [-0.4, -0.2) is 26.8 Å². The Balaban J connectivity index is 1.31. The molecule has 0 atom stereocenters. The van der Waals surface area contributed by atoms with E-state index >= 15 is 0 Å². The fourth-order valence-electron chi connectivity index (χ4n) is 2.66. The van der Waals surface area contributed by atoms with Crippen LogP contribution in [0, 0.1) is 0 Å². The number of nitrogens with zero attached hydrogens (tertiary/aromatic N) is 2. The first-order valence-electron chi connectivity index (χ1n) is 8.86. The number of hydrogen-bond acceptors (Lipinski definition) is 5. The van der Waals surface area contributed by atoms with Gasteiger partial charge in [-0.05, 0) is 42.0 Å². The average molecular weight is 403 g/mol. The smallest absolute Gasteiger partial charge is 0.269 e. The highest BCUT2D eigenvalue weighted by Crippen LogP contribution is 2.23. The third kappa shape index (κ3) is 4.61. The Bertz CT molecular complexity index is 1110. The maximum atomic E-state index is 12.2. The summed E-state index contributed by atoms with van der Waals surface area (Å²) in [6.07, 6.45) is 3.03. The van der Waals surface area contributed by atoms with Crippen LogP contribution in [0.25, 0.3) is 11.0 Å². The number of para-hydroxylation sites is 2. The van der Waals surface area contributed by atoms with Crippen LogP contribution in [0.2, 0.25) is 0 Å². The number of H-pyrrole nitrogens is 1. The second-order valence-corrected chi connectivity index (χ2v) is 7.15. The van der Waals surface area contributed by atoms with Crippen molar-refractivity contribution in [1.82, 2.24) is 25.8 Å².